The highest BCUT2D eigenvalue weighted by atomic mass is 35.5. The van der Waals surface area contributed by atoms with Crippen molar-refractivity contribution in [1.82, 2.24) is 9.97 Å². The lowest BCUT2D eigenvalue weighted by molar-refractivity contribution is -0.384. The second-order valence-corrected chi connectivity index (χ2v) is 4.86. The van der Waals surface area contributed by atoms with Crippen LogP contribution in [0.2, 0.25) is 5.15 Å². The molecule has 0 aromatic carbocycles. The van der Waals surface area contributed by atoms with Gasteiger partial charge in [0.15, 0.2) is 0 Å². The van der Waals surface area contributed by atoms with Crippen LogP contribution in [0.25, 0.3) is 0 Å². The summed E-state index contributed by atoms with van der Waals surface area (Å²) in [7, 11) is 1.66. The Hall–Kier alpha value is -1.47. The Bertz CT molecular complexity index is 469. The Morgan fingerprint density at radius 2 is 2.42 bits per heavy atom. The SMILES string of the molecule is COCC1CCCN(c2ncnc(Cl)c2[N+](=O)[O-])C1. The molecule has 1 unspecified atom stereocenters. The third-order valence-corrected chi connectivity index (χ3v) is 3.44. The molecular formula is C11H15ClN4O3. The molecule has 8 heteroatoms. The van der Waals surface area contributed by atoms with Gasteiger partial charge in [0.2, 0.25) is 11.0 Å². The second kappa shape index (κ2) is 6.12. The third kappa shape index (κ3) is 3.10. The van der Waals surface area contributed by atoms with Gasteiger partial charge >= 0.3 is 5.69 Å². The van der Waals surface area contributed by atoms with E-state index >= 15 is 0 Å². The van der Waals surface area contributed by atoms with Crippen LogP contribution in [0.4, 0.5) is 11.5 Å². The molecule has 1 fully saturated rings. The third-order valence-electron chi connectivity index (χ3n) is 3.16. The number of hydrogen-bond acceptors (Lipinski definition) is 6. The normalized spacial score (nSPS) is 19.5. The van der Waals surface area contributed by atoms with E-state index in [0.717, 1.165) is 19.4 Å². The van der Waals surface area contributed by atoms with E-state index in [2.05, 4.69) is 9.97 Å². The average molecular weight is 287 g/mol. The Kier molecular flexibility index (Phi) is 4.49. The van der Waals surface area contributed by atoms with E-state index in [1.807, 2.05) is 4.90 Å². The fourth-order valence-electron chi connectivity index (χ4n) is 2.37. The fraction of sp³-hybridized carbons (Fsp3) is 0.636. The molecule has 1 atom stereocenters. The van der Waals surface area contributed by atoms with Gasteiger partial charge in [-0.2, -0.15) is 0 Å². The molecule has 0 spiro atoms. The first-order valence-corrected chi connectivity index (χ1v) is 6.40. The van der Waals surface area contributed by atoms with Crippen molar-refractivity contribution >= 4 is 23.1 Å². The highest BCUT2D eigenvalue weighted by Crippen LogP contribution is 2.33. The minimum Gasteiger partial charge on any atom is -0.384 e. The molecule has 19 heavy (non-hydrogen) atoms. The zero-order valence-corrected chi connectivity index (χ0v) is 11.3. The minimum atomic E-state index is -0.530. The number of anilines is 1. The number of ether oxygens (including phenoxy) is 1. The van der Waals surface area contributed by atoms with Gasteiger partial charge in [-0.1, -0.05) is 11.6 Å². The summed E-state index contributed by atoms with van der Waals surface area (Å²) in [6.07, 6.45) is 3.26. The predicted molar refractivity (Wildman–Crippen MR) is 70.5 cm³/mol. The molecule has 7 nitrogen and oxygen atoms in total. The van der Waals surface area contributed by atoms with E-state index in [1.165, 1.54) is 6.33 Å². The van der Waals surface area contributed by atoms with E-state index in [0.29, 0.717) is 24.9 Å². The van der Waals surface area contributed by atoms with Crippen molar-refractivity contribution < 1.29 is 9.66 Å². The Morgan fingerprint density at radius 1 is 1.63 bits per heavy atom. The number of rotatable bonds is 4. The maximum atomic E-state index is 11.1. The molecule has 2 heterocycles. The maximum Gasteiger partial charge on any atom is 0.348 e. The molecule has 0 N–H and O–H groups in total. The molecule has 104 valence electrons. The lowest BCUT2D eigenvalue weighted by atomic mass is 9.99. The van der Waals surface area contributed by atoms with Crippen LogP contribution in [-0.4, -0.2) is 41.7 Å². The van der Waals surface area contributed by atoms with Gasteiger partial charge in [-0.3, -0.25) is 10.1 Å². The molecule has 1 saturated heterocycles. The van der Waals surface area contributed by atoms with Crippen molar-refractivity contribution in [2.45, 2.75) is 12.8 Å². The summed E-state index contributed by atoms with van der Waals surface area (Å²) in [6.45, 7) is 2.06. The van der Waals surface area contributed by atoms with E-state index < -0.39 is 4.92 Å². The smallest absolute Gasteiger partial charge is 0.348 e. The van der Waals surface area contributed by atoms with Gasteiger partial charge in [-0.15, -0.1) is 0 Å². The molecule has 1 aliphatic rings. The first kappa shape index (κ1) is 14.0. The zero-order chi connectivity index (χ0) is 13.8. The first-order chi connectivity index (χ1) is 9.13. The summed E-state index contributed by atoms with van der Waals surface area (Å²) >= 11 is 5.80. The van der Waals surface area contributed by atoms with Crippen molar-refractivity contribution in [3.8, 4) is 0 Å². The van der Waals surface area contributed by atoms with Gasteiger partial charge in [0.25, 0.3) is 0 Å². The van der Waals surface area contributed by atoms with Crippen molar-refractivity contribution in [1.29, 1.82) is 0 Å². The van der Waals surface area contributed by atoms with Crippen molar-refractivity contribution in [3.63, 3.8) is 0 Å². The van der Waals surface area contributed by atoms with Crippen molar-refractivity contribution in [3.05, 3.63) is 21.6 Å². The van der Waals surface area contributed by atoms with E-state index in [-0.39, 0.29) is 10.8 Å². The second-order valence-electron chi connectivity index (χ2n) is 4.50. The number of aromatic nitrogens is 2. The highest BCUT2D eigenvalue weighted by molar-refractivity contribution is 6.31. The first-order valence-electron chi connectivity index (χ1n) is 6.02. The number of hydrogen-bond donors (Lipinski definition) is 0. The summed E-state index contributed by atoms with van der Waals surface area (Å²) in [5.41, 5.74) is -0.220. The molecule has 1 aliphatic heterocycles. The van der Waals surface area contributed by atoms with Crippen molar-refractivity contribution in [2.75, 3.05) is 31.7 Å². The Balaban J connectivity index is 2.26. The van der Waals surface area contributed by atoms with Crippen LogP contribution >= 0.6 is 11.6 Å². The monoisotopic (exact) mass is 286 g/mol. The van der Waals surface area contributed by atoms with Crippen LogP contribution in [0.15, 0.2) is 6.33 Å². The lowest BCUT2D eigenvalue weighted by Gasteiger charge is -2.32. The van der Waals surface area contributed by atoms with Crippen LogP contribution in [0.5, 0.6) is 0 Å². The number of methoxy groups -OCH3 is 1. The number of piperidine rings is 1. The molecule has 1 aromatic rings. The molecular weight excluding hydrogens is 272 g/mol. The molecule has 0 radical (unpaired) electrons. The number of halogens is 1. The summed E-state index contributed by atoms with van der Waals surface area (Å²) in [6, 6.07) is 0. The number of nitro groups is 1. The maximum absolute atomic E-state index is 11.1. The van der Waals surface area contributed by atoms with E-state index in [1.54, 1.807) is 7.11 Å². The van der Waals surface area contributed by atoms with Crippen LogP contribution in [-0.2, 0) is 4.74 Å². The topological polar surface area (TPSA) is 81.4 Å². The summed E-state index contributed by atoms with van der Waals surface area (Å²) < 4.78 is 5.15. The standard InChI is InChI=1S/C11H15ClN4O3/c1-19-6-8-3-2-4-15(5-8)11-9(16(17)18)10(12)13-7-14-11/h7-8H,2-6H2,1H3. The van der Waals surface area contributed by atoms with Crippen LogP contribution in [0.3, 0.4) is 0 Å². The van der Waals surface area contributed by atoms with Crippen LogP contribution < -0.4 is 4.90 Å². The molecule has 1 aromatic heterocycles. The highest BCUT2D eigenvalue weighted by Gasteiger charge is 2.29. The summed E-state index contributed by atoms with van der Waals surface area (Å²) in [4.78, 5) is 20.1. The lowest BCUT2D eigenvalue weighted by Crippen LogP contribution is -2.38. The van der Waals surface area contributed by atoms with Gasteiger partial charge in [0.1, 0.15) is 6.33 Å². The molecule has 0 bridgehead atoms. The predicted octanol–water partition coefficient (Wildman–Crippen LogP) is 1.90. The quantitative estimate of drug-likeness (QED) is 0.478. The molecule has 0 amide bonds. The largest absolute Gasteiger partial charge is 0.384 e. The van der Waals surface area contributed by atoms with Gasteiger partial charge in [-0.05, 0) is 18.8 Å². The Labute approximate surface area is 115 Å². The average Bonchev–Trinajstić information content (AvgIpc) is 2.38. The molecule has 0 saturated carbocycles. The van der Waals surface area contributed by atoms with E-state index in [4.69, 9.17) is 16.3 Å². The van der Waals surface area contributed by atoms with Gasteiger partial charge in [-0.25, -0.2) is 9.97 Å². The summed E-state index contributed by atoms with van der Waals surface area (Å²) in [5, 5.41) is 11.0. The zero-order valence-electron chi connectivity index (χ0n) is 10.6. The van der Waals surface area contributed by atoms with Crippen molar-refractivity contribution in [2.24, 2.45) is 5.92 Å². The Morgan fingerprint density at radius 3 is 3.11 bits per heavy atom. The number of nitrogens with zero attached hydrogens (tertiary/aromatic N) is 4. The van der Waals surface area contributed by atoms with Gasteiger partial charge in [0.05, 0.1) is 11.5 Å². The van der Waals surface area contributed by atoms with E-state index in [9.17, 15) is 10.1 Å². The fourth-order valence-corrected chi connectivity index (χ4v) is 2.56. The van der Waals surface area contributed by atoms with Crippen LogP contribution in [0, 0.1) is 16.0 Å². The summed E-state index contributed by atoms with van der Waals surface area (Å²) in [5.74, 6) is 0.651. The molecule has 2 rings (SSSR count). The minimum absolute atomic E-state index is 0.121. The van der Waals surface area contributed by atoms with Gasteiger partial charge in [0, 0.05) is 20.2 Å². The van der Waals surface area contributed by atoms with Gasteiger partial charge < -0.3 is 9.64 Å². The molecule has 0 aliphatic carbocycles. The van der Waals surface area contributed by atoms with Crippen LogP contribution in [0.1, 0.15) is 12.8 Å².